The number of aryl methyl sites for hydroxylation is 1. The molecule has 0 bridgehead atoms. The zero-order chi connectivity index (χ0) is 13.2. The molecule has 0 atom stereocenters. The molecule has 0 aliphatic heterocycles. The second-order valence-corrected chi connectivity index (χ2v) is 4.49. The van der Waals surface area contributed by atoms with E-state index in [1.807, 2.05) is 37.3 Å². The lowest BCUT2D eigenvalue weighted by atomic mass is 10.2. The highest BCUT2D eigenvalue weighted by Crippen LogP contribution is 2.28. The summed E-state index contributed by atoms with van der Waals surface area (Å²) in [6, 6.07) is 11.1. The van der Waals surface area contributed by atoms with Gasteiger partial charge in [0.15, 0.2) is 0 Å². The van der Waals surface area contributed by atoms with Gasteiger partial charge in [-0.15, -0.1) is 10.2 Å². The highest BCUT2D eigenvalue weighted by Gasteiger charge is 2.12. The Morgan fingerprint density at radius 1 is 1.00 bits per heavy atom. The molecular weight excluding hydrogens is 262 g/mol. The zero-order valence-corrected chi connectivity index (χ0v) is 10.9. The van der Waals surface area contributed by atoms with Crippen molar-refractivity contribution in [3.05, 3.63) is 53.3 Å². The van der Waals surface area contributed by atoms with Gasteiger partial charge in [0.1, 0.15) is 0 Å². The second kappa shape index (κ2) is 4.82. The van der Waals surface area contributed by atoms with Gasteiger partial charge in [0.05, 0.1) is 16.1 Å². The maximum absolute atomic E-state index is 6.09. The van der Waals surface area contributed by atoms with E-state index >= 15 is 0 Å². The largest absolute Gasteiger partial charge is 0.416 e. The molecule has 0 unspecified atom stereocenters. The Morgan fingerprint density at radius 2 is 1.79 bits per heavy atom. The zero-order valence-electron chi connectivity index (χ0n) is 10.2. The van der Waals surface area contributed by atoms with E-state index in [0.29, 0.717) is 16.8 Å². The van der Waals surface area contributed by atoms with Gasteiger partial charge < -0.3 is 4.42 Å². The Morgan fingerprint density at radius 3 is 2.53 bits per heavy atom. The Balaban J connectivity index is 2.00. The molecule has 2 heterocycles. The Labute approximate surface area is 115 Å². The van der Waals surface area contributed by atoms with Gasteiger partial charge in [-0.2, -0.15) is 0 Å². The van der Waals surface area contributed by atoms with Crippen molar-refractivity contribution in [2.75, 3.05) is 0 Å². The number of aromatic nitrogens is 3. The first kappa shape index (κ1) is 11.9. The van der Waals surface area contributed by atoms with Gasteiger partial charge in [-0.3, -0.25) is 4.98 Å². The van der Waals surface area contributed by atoms with E-state index in [2.05, 4.69) is 15.2 Å². The van der Waals surface area contributed by atoms with Crippen LogP contribution >= 0.6 is 11.6 Å². The first-order valence-electron chi connectivity index (χ1n) is 5.75. The van der Waals surface area contributed by atoms with E-state index in [1.165, 1.54) is 0 Å². The van der Waals surface area contributed by atoms with Crippen molar-refractivity contribution in [3.63, 3.8) is 0 Å². The Bertz CT molecular complexity index is 707. The molecule has 0 N–H and O–H groups in total. The number of pyridine rings is 1. The number of hydrogen-bond acceptors (Lipinski definition) is 4. The summed E-state index contributed by atoms with van der Waals surface area (Å²) in [5.41, 5.74) is 2.45. The van der Waals surface area contributed by atoms with E-state index in [1.54, 1.807) is 12.3 Å². The molecule has 5 heteroatoms. The van der Waals surface area contributed by atoms with Crippen LogP contribution in [0.15, 0.2) is 47.0 Å². The van der Waals surface area contributed by atoms with Crippen LogP contribution in [0.5, 0.6) is 0 Å². The van der Waals surface area contributed by atoms with Gasteiger partial charge in [-0.1, -0.05) is 23.7 Å². The predicted octanol–water partition coefficient (Wildman–Crippen LogP) is 3.76. The van der Waals surface area contributed by atoms with Crippen LogP contribution in [0.25, 0.3) is 22.9 Å². The Hall–Kier alpha value is -2.20. The topological polar surface area (TPSA) is 51.8 Å². The number of hydrogen-bond donors (Lipinski definition) is 0. The minimum atomic E-state index is 0.404. The highest BCUT2D eigenvalue weighted by atomic mass is 35.5. The molecule has 2 aromatic heterocycles. The summed E-state index contributed by atoms with van der Waals surface area (Å²) in [5.74, 6) is 0.837. The normalized spacial score (nSPS) is 10.6. The van der Waals surface area contributed by atoms with Crippen LogP contribution in [-0.2, 0) is 0 Å². The molecule has 0 saturated heterocycles. The lowest BCUT2D eigenvalue weighted by Gasteiger charge is -1.97. The van der Waals surface area contributed by atoms with E-state index in [9.17, 15) is 0 Å². The van der Waals surface area contributed by atoms with Crippen LogP contribution in [0.1, 0.15) is 5.69 Å². The molecule has 1 aromatic carbocycles. The molecule has 4 nitrogen and oxygen atoms in total. The van der Waals surface area contributed by atoms with Crippen molar-refractivity contribution >= 4 is 11.6 Å². The minimum Gasteiger partial charge on any atom is -0.416 e. The summed E-state index contributed by atoms with van der Waals surface area (Å²) in [6.07, 6.45) is 1.71. The molecule has 0 amide bonds. The standard InChI is InChI=1S/C14H10ClN3O/c1-9-6-7-10(8-16-9)13-17-18-14(19-13)11-4-2-3-5-12(11)15/h2-8H,1H3. The smallest absolute Gasteiger partial charge is 0.249 e. The average Bonchev–Trinajstić information content (AvgIpc) is 2.89. The van der Waals surface area contributed by atoms with Crippen LogP contribution in [-0.4, -0.2) is 15.2 Å². The summed E-state index contributed by atoms with van der Waals surface area (Å²) < 4.78 is 5.63. The summed E-state index contributed by atoms with van der Waals surface area (Å²) in [6.45, 7) is 1.92. The predicted molar refractivity (Wildman–Crippen MR) is 72.7 cm³/mol. The fraction of sp³-hybridized carbons (Fsp3) is 0.0714. The summed E-state index contributed by atoms with van der Waals surface area (Å²) >= 11 is 6.09. The van der Waals surface area contributed by atoms with Gasteiger partial charge in [-0.25, -0.2) is 0 Å². The molecule has 0 aliphatic rings. The third-order valence-corrected chi connectivity index (χ3v) is 3.02. The van der Waals surface area contributed by atoms with Crippen molar-refractivity contribution in [3.8, 4) is 22.9 Å². The van der Waals surface area contributed by atoms with Crippen molar-refractivity contribution in [2.45, 2.75) is 6.92 Å². The molecule has 0 aliphatic carbocycles. The molecule has 94 valence electrons. The molecule has 0 radical (unpaired) electrons. The van der Waals surface area contributed by atoms with Gasteiger partial charge >= 0.3 is 0 Å². The highest BCUT2D eigenvalue weighted by molar-refractivity contribution is 6.33. The minimum absolute atomic E-state index is 0.404. The van der Waals surface area contributed by atoms with Crippen LogP contribution in [0.3, 0.4) is 0 Å². The van der Waals surface area contributed by atoms with Crippen LogP contribution < -0.4 is 0 Å². The van der Waals surface area contributed by atoms with Crippen molar-refractivity contribution in [1.29, 1.82) is 0 Å². The molecule has 3 rings (SSSR count). The third kappa shape index (κ3) is 2.35. The Kier molecular flexibility index (Phi) is 3.01. The maximum atomic E-state index is 6.09. The molecule has 3 aromatic rings. The quantitative estimate of drug-likeness (QED) is 0.712. The number of nitrogens with zero attached hydrogens (tertiary/aromatic N) is 3. The third-order valence-electron chi connectivity index (χ3n) is 2.69. The fourth-order valence-electron chi connectivity index (χ4n) is 1.68. The lowest BCUT2D eigenvalue weighted by Crippen LogP contribution is -1.82. The van der Waals surface area contributed by atoms with Crippen LogP contribution in [0.2, 0.25) is 5.02 Å². The molecular formula is C14H10ClN3O. The molecule has 19 heavy (non-hydrogen) atoms. The van der Waals surface area contributed by atoms with Crippen molar-refractivity contribution in [1.82, 2.24) is 15.2 Å². The van der Waals surface area contributed by atoms with E-state index < -0.39 is 0 Å². The monoisotopic (exact) mass is 271 g/mol. The number of rotatable bonds is 2. The average molecular weight is 272 g/mol. The molecule has 0 fully saturated rings. The van der Waals surface area contributed by atoms with Crippen molar-refractivity contribution < 1.29 is 4.42 Å². The van der Waals surface area contributed by atoms with Crippen LogP contribution in [0, 0.1) is 6.92 Å². The van der Waals surface area contributed by atoms with E-state index in [4.69, 9.17) is 16.0 Å². The summed E-state index contributed by atoms with van der Waals surface area (Å²) in [7, 11) is 0. The number of halogens is 1. The van der Waals surface area contributed by atoms with Gasteiger partial charge in [0, 0.05) is 11.9 Å². The summed E-state index contributed by atoms with van der Waals surface area (Å²) in [5, 5.41) is 8.62. The van der Waals surface area contributed by atoms with E-state index in [-0.39, 0.29) is 0 Å². The molecule has 0 saturated carbocycles. The van der Waals surface area contributed by atoms with Crippen LogP contribution in [0.4, 0.5) is 0 Å². The van der Waals surface area contributed by atoms with E-state index in [0.717, 1.165) is 16.8 Å². The summed E-state index contributed by atoms with van der Waals surface area (Å²) in [4.78, 5) is 4.20. The SMILES string of the molecule is Cc1ccc(-c2nnc(-c3ccccc3Cl)o2)cn1. The fourth-order valence-corrected chi connectivity index (χ4v) is 1.89. The first-order valence-corrected chi connectivity index (χ1v) is 6.13. The number of benzene rings is 1. The van der Waals surface area contributed by atoms with Crippen molar-refractivity contribution in [2.24, 2.45) is 0 Å². The first-order chi connectivity index (χ1) is 9.24. The van der Waals surface area contributed by atoms with Gasteiger partial charge in [-0.05, 0) is 31.2 Å². The molecule has 0 spiro atoms. The maximum Gasteiger partial charge on any atom is 0.249 e. The van der Waals surface area contributed by atoms with Gasteiger partial charge in [0.2, 0.25) is 11.8 Å². The second-order valence-electron chi connectivity index (χ2n) is 4.08. The lowest BCUT2D eigenvalue weighted by molar-refractivity contribution is 0.584. The van der Waals surface area contributed by atoms with Gasteiger partial charge in [0.25, 0.3) is 0 Å².